The van der Waals surface area contributed by atoms with Crippen LogP contribution < -0.4 is 0 Å². The van der Waals surface area contributed by atoms with Gasteiger partial charge in [-0.15, -0.1) is 0 Å². The molecule has 0 aliphatic heterocycles. The normalized spacial score (nSPS) is 17.5. The largest absolute Gasteiger partial charge is 1.00 e. The second kappa shape index (κ2) is 7.57. The molecule has 1 aliphatic carbocycles. The third kappa shape index (κ3) is 2.95. The first-order chi connectivity index (χ1) is 8.65. The third-order valence-corrected chi connectivity index (χ3v) is 2.18. The van der Waals surface area contributed by atoms with Crippen LogP contribution in [0.5, 0.6) is 0 Å². The number of nitriles is 4. The molecule has 0 saturated heterocycles. The number of esters is 1. The Morgan fingerprint density at radius 3 is 1.58 bits per heavy atom. The molecule has 95 valence electrons. The van der Waals surface area contributed by atoms with Gasteiger partial charge in [0.05, 0.1) is 30.9 Å². The van der Waals surface area contributed by atoms with Crippen LogP contribution >= 0.6 is 0 Å². The fourth-order valence-corrected chi connectivity index (χ4v) is 1.48. The average Bonchev–Trinajstić information content (AvgIpc) is 2.70. The topological polar surface area (TPSA) is 121 Å². The monoisotopic (exact) mass is 344 g/mol. The van der Waals surface area contributed by atoms with Crippen LogP contribution in [-0.4, -0.2) is 12.6 Å². The van der Waals surface area contributed by atoms with Gasteiger partial charge in [-0.05, 0) is 6.92 Å². The van der Waals surface area contributed by atoms with Crippen molar-refractivity contribution in [3.05, 3.63) is 29.6 Å². The standard InChI is InChI=1S/C12H5N4O2.Ag/c1-2-18-12(17)11-9(5-15)7(3-13)8(4-14)10(11)6-16;/h2H2,1H3;/q;+1. The van der Waals surface area contributed by atoms with E-state index in [4.69, 9.17) is 25.8 Å². The Hall–Kier alpha value is -1.83. The van der Waals surface area contributed by atoms with Crippen LogP contribution in [0.3, 0.4) is 0 Å². The molecule has 7 heteroatoms. The molecule has 1 saturated carbocycles. The Morgan fingerprint density at radius 2 is 1.32 bits per heavy atom. The van der Waals surface area contributed by atoms with Crippen LogP contribution in [-0.2, 0) is 31.9 Å². The van der Waals surface area contributed by atoms with E-state index >= 15 is 0 Å². The fourth-order valence-electron chi connectivity index (χ4n) is 1.48. The van der Waals surface area contributed by atoms with E-state index in [0.717, 1.165) is 0 Å². The number of rotatable bonds is 2. The predicted molar refractivity (Wildman–Crippen MR) is 55.3 cm³/mol. The summed E-state index contributed by atoms with van der Waals surface area (Å²) in [5.74, 6) is -2.30. The second-order valence-corrected chi connectivity index (χ2v) is 3.04. The van der Waals surface area contributed by atoms with Crippen LogP contribution in [0.4, 0.5) is 0 Å². The van der Waals surface area contributed by atoms with Crippen LogP contribution in [0.2, 0.25) is 0 Å². The Kier molecular flexibility index (Phi) is 6.84. The van der Waals surface area contributed by atoms with Crippen molar-refractivity contribution >= 4 is 5.97 Å². The molecule has 1 rings (SSSR count). The number of hydrogen-bond acceptors (Lipinski definition) is 6. The van der Waals surface area contributed by atoms with Crippen molar-refractivity contribution in [2.24, 2.45) is 0 Å². The van der Waals surface area contributed by atoms with Gasteiger partial charge in [-0.2, -0.15) is 21.0 Å². The first kappa shape index (κ1) is 17.2. The Morgan fingerprint density at radius 1 is 0.947 bits per heavy atom. The van der Waals surface area contributed by atoms with E-state index in [2.05, 4.69) is 0 Å². The molecule has 0 aromatic heterocycles. The van der Waals surface area contributed by atoms with Crippen molar-refractivity contribution in [3.8, 4) is 24.3 Å². The molecule has 0 atom stereocenters. The zero-order valence-corrected chi connectivity index (χ0v) is 11.1. The van der Waals surface area contributed by atoms with Crippen molar-refractivity contribution in [1.82, 2.24) is 0 Å². The summed E-state index contributed by atoms with van der Waals surface area (Å²) < 4.78 is 4.71. The van der Waals surface area contributed by atoms with Crippen molar-refractivity contribution < 1.29 is 31.9 Å². The zero-order valence-electron chi connectivity index (χ0n) is 9.61. The van der Waals surface area contributed by atoms with Crippen molar-refractivity contribution in [2.75, 3.05) is 6.61 Å². The van der Waals surface area contributed by atoms with E-state index in [0.29, 0.717) is 0 Å². The molecule has 0 amide bonds. The summed E-state index contributed by atoms with van der Waals surface area (Å²) in [7, 11) is 0. The van der Waals surface area contributed by atoms with Crippen molar-refractivity contribution in [2.45, 2.75) is 6.92 Å². The first-order valence-corrected chi connectivity index (χ1v) is 4.80. The maximum Gasteiger partial charge on any atom is 1.00 e. The van der Waals surface area contributed by atoms with Gasteiger partial charge < -0.3 is 4.74 Å². The molecule has 1 aliphatic rings. The van der Waals surface area contributed by atoms with Gasteiger partial charge in [0.15, 0.2) is 0 Å². The molecule has 0 unspecified atom stereocenters. The Balaban J connectivity index is 0.00000324. The summed E-state index contributed by atoms with van der Waals surface area (Å²) in [5, 5.41) is 35.7. The average molecular weight is 345 g/mol. The molecular formula is C12H5AgN4O2+. The van der Waals surface area contributed by atoms with Crippen molar-refractivity contribution in [1.29, 1.82) is 21.0 Å². The van der Waals surface area contributed by atoms with Gasteiger partial charge in [0.25, 0.3) is 0 Å². The molecule has 0 N–H and O–H groups in total. The van der Waals surface area contributed by atoms with E-state index in [1.165, 1.54) is 0 Å². The minimum atomic E-state index is -0.886. The van der Waals surface area contributed by atoms with Gasteiger partial charge in [-0.3, -0.25) is 4.79 Å². The summed E-state index contributed by atoms with van der Waals surface area (Å²) in [5.41, 5.74) is 0. The molecule has 5 radical (unpaired) electrons. The van der Waals surface area contributed by atoms with Gasteiger partial charge in [0.1, 0.15) is 29.6 Å². The van der Waals surface area contributed by atoms with Crippen LogP contribution in [0.15, 0.2) is 0 Å². The van der Waals surface area contributed by atoms with E-state index in [1.54, 1.807) is 31.2 Å². The summed E-state index contributed by atoms with van der Waals surface area (Å²) >= 11 is 0. The molecule has 0 aromatic rings. The van der Waals surface area contributed by atoms with Gasteiger partial charge in [-0.1, -0.05) is 0 Å². The van der Waals surface area contributed by atoms with Crippen molar-refractivity contribution in [3.63, 3.8) is 0 Å². The van der Waals surface area contributed by atoms with Gasteiger partial charge in [0, 0.05) is 0 Å². The minimum absolute atomic E-state index is 0. The quantitative estimate of drug-likeness (QED) is 0.531. The smallest absolute Gasteiger partial charge is 0.465 e. The number of carbonyl (C=O) groups excluding carboxylic acids is 1. The Labute approximate surface area is 126 Å². The van der Waals surface area contributed by atoms with Crippen LogP contribution in [0.25, 0.3) is 0 Å². The van der Waals surface area contributed by atoms with Crippen LogP contribution in [0, 0.1) is 74.9 Å². The number of nitrogens with zero attached hydrogens (tertiary/aromatic N) is 4. The number of carbonyl (C=O) groups is 1. The van der Waals surface area contributed by atoms with Gasteiger partial charge >= 0.3 is 28.3 Å². The zero-order chi connectivity index (χ0) is 13.7. The Bertz CT molecular complexity index is 470. The van der Waals surface area contributed by atoms with E-state index in [9.17, 15) is 4.79 Å². The maximum absolute atomic E-state index is 11.7. The molecule has 0 aromatic carbocycles. The first-order valence-electron chi connectivity index (χ1n) is 4.80. The third-order valence-electron chi connectivity index (χ3n) is 2.18. The van der Waals surface area contributed by atoms with E-state index in [-0.39, 0.29) is 58.6 Å². The SMILES string of the molecule is CCOC(=O)[C]1[C](C#N)[C](C#N)[C](C#N)[C]1C#N.[Ag+]. The molecule has 19 heavy (non-hydrogen) atoms. The molecule has 6 nitrogen and oxygen atoms in total. The summed E-state index contributed by atoms with van der Waals surface area (Å²) in [6.45, 7) is 1.62. The maximum atomic E-state index is 11.7. The predicted octanol–water partition coefficient (Wildman–Crippen LogP) is 0.527. The minimum Gasteiger partial charge on any atom is -0.465 e. The molecule has 0 spiro atoms. The summed E-state index contributed by atoms with van der Waals surface area (Å²) in [6.07, 6.45) is 0. The summed E-state index contributed by atoms with van der Waals surface area (Å²) in [6, 6.07) is 6.63. The van der Waals surface area contributed by atoms with E-state index in [1.807, 2.05) is 0 Å². The summed E-state index contributed by atoms with van der Waals surface area (Å²) in [4.78, 5) is 11.7. The van der Waals surface area contributed by atoms with Gasteiger partial charge in [0.2, 0.25) is 0 Å². The molecule has 0 heterocycles. The molecular weight excluding hydrogens is 340 g/mol. The van der Waals surface area contributed by atoms with E-state index < -0.39 is 5.97 Å². The van der Waals surface area contributed by atoms with Crippen LogP contribution in [0.1, 0.15) is 6.92 Å². The molecule has 1 fully saturated rings. The van der Waals surface area contributed by atoms with Gasteiger partial charge in [-0.25, -0.2) is 0 Å². The molecule has 0 bridgehead atoms. The fraction of sp³-hybridized carbons (Fsp3) is 0.167. The number of ether oxygens (including phenoxy) is 1. The number of hydrogen-bond donors (Lipinski definition) is 0. The second-order valence-electron chi connectivity index (χ2n) is 3.04.